The molecule has 5 rings (SSSR count). The first-order valence-corrected chi connectivity index (χ1v) is 11.8. The van der Waals surface area contributed by atoms with E-state index >= 15 is 0 Å². The standard InChI is InChI=1S/C29H23BrN2O2/c1-33-26-18-23(14-17-25(26)34-19-20-8-4-2-5-9-20)29-31-27(21-10-6-3-7-11-21)28(32-29)22-12-15-24(30)16-13-22/h2-18H,19H2,1H3,(H,31,32). The van der Waals surface area contributed by atoms with Gasteiger partial charge in [0, 0.05) is 21.2 Å². The number of aromatic nitrogens is 2. The van der Waals surface area contributed by atoms with Crippen LogP contribution >= 0.6 is 15.9 Å². The van der Waals surface area contributed by atoms with Gasteiger partial charge >= 0.3 is 0 Å². The summed E-state index contributed by atoms with van der Waals surface area (Å²) < 4.78 is 12.7. The van der Waals surface area contributed by atoms with E-state index in [1.54, 1.807) is 7.11 Å². The van der Waals surface area contributed by atoms with E-state index in [1.165, 1.54) is 0 Å². The van der Waals surface area contributed by atoms with Crippen molar-refractivity contribution >= 4 is 15.9 Å². The predicted octanol–water partition coefficient (Wildman–Crippen LogP) is 7.76. The van der Waals surface area contributed by atoms with E-state index in [4.69, 9.17) is 14.5 Å². The molecule has 0 aliphatic carbocycles. The molecule has 34 heavy (non-hydrogen) atoms. The molecule has 168 valence electrons. The van der Waals surface area contributed by atoms with E-state index in [0.29, 0.717) is 18.1 Å². The molecule has 0 aliphatic rings. The van der Waals surface area contributed by atoms with Gasteiger partial charge in [0.2, 0.25) is 0 Å². The van der Waals surface area contributed by atoms with Gasteiger partial charge in [0.15, 0.2) is 11.5 Å². The Labute approximate surface area is 207 Å². The molecule has 1 heterocycles. The van der Waals surface area contributed by atoms with Crippen molar-refractivity contribution in [2.75, 3.05) is 7.11 Å². The Morgan fingerprint density at radius 3 is 2.12 bits per heavy atom. The van der Waals surface area contributed by atoms with Crippen LogP contribution in [0.5, 0.6) is 11.5 Å². The van der Waals surface area contributed by atoms with Crippen molar-refractivity contribution in [2.24, 2.45) is 0 Å². The molecule has 4 nitrogen and oxygen atoms in total. The summed E-state index contributed by atoms with van der Waals surface area (Å²) in [6.07, 6.45) is 0. The van der Waals surface area contributed by atoms with E-state index < -0.39 is 0 Å². The minimum Gasteiger partial charge on any atom is -0.493 e. The van der Waals surface area contributed by atoms with Gasteiger partial charge < -0.3 is 14.5 Å². The fourth-order valence-electron chi connectivity index (χ4n) is 3.81. The zero-order valence-electron chi connectivity index (χ0n) is 18.7. The molecule has 0 amide bonds. The maximum absolute atomic E-state index is 6.02. The highest BCUT2D eigenvalue weighted by molar-refractivity contribution is 9.10. The summed E-state index contributed by atoms with van der Waals surface area (Å²) in [6.45, 7) is 0.475. The number of rotatable bonds is 7. The number of aromatic amines is 1. The lowest BCUT2D eigenvalue weighted by Crippen LogP contribution is -1.98. The third kappa shape index (κ3) is 4.75. The number of benzene rings is 4. The summed E-state index contributed by atoms with van der Waals surface area (Å²) in [6, 6.07) is 34.4. The molecule has 0 radical (unpaired) electrons. The molecule has 4 aromatic carbocycles. The first kappa shape index (κ1) is 22.0. The van der Waals surface area contributed by atoms with Gasteiger partial charge in [-0.1, -0.05) is 88.7 Å². The van der Waals surface area contributed by atoms with Crippen LogP contribution in [0.25, 0.3) is 33.9 Å². The van der Waals surface area contributed by atoms with Crippen LogP contribution in [0.15, 0.2) is 108 Å². The maximum Gasteiger partial charge on any atom is 0.161 e. The van der Waals surface area contributed by atoms with Gasteiger partial charge in [-0.25, -0.2) is 4.98 Å². The summed E-state index contributed by atoms with van der Waals surface area (Å²) in [7, 11) is 1.65. The van der Waals surface area contributed by atoms with Gasteiger partial charge in [-0.2, -0.15) is 0 Å². The van der Waals surface area contributed by atoms with Gasteiger partial charge in [0.1, 0.15) is 12.4 Å². The number of H-pyrrole nitrogens is 1. The van der Waals surface area contributed by atoms with Crippen LogP contribution in [0.3, 0.4) is 0 Å². The maximum atomic E-state index is 6.02. The van der Waals surface area contributed by atoms with Crippen LogP contribution in [0.4, 0.5) is 0 Å². The molecule has 1 N–H and O–H groups in total. The molecule has 0 spiro atoms. The number of nitrogens with one attached hydrogen (secondary N) is 1. The van der Waals surface area contributed by atoms with E-state index in [1.807, 2.05) is 78.9 Å². The first-order valence-electron chi connectivity index (χ1n) is 11.0. The number of ether oxygens (including phenoxy) is 2. The molecule has 0 saturated carbocycles. The summed E-state index contributed by atoms with van der Waals surface area (Å²) in [5.41, 5.74) is 6.02. The highest BCUT2D eigenvalue weighted by Crippen LogP contribution is 2.36. The van der Waals surface area contributed by atoms with Gasteiger partial charge in [0.05, 0.1) is 18.5 Å². The highest BCUT2D eigenvalue weighted by atomic mass is 79.9. The Hall–Kier alpha value is -3.83. The molecule has 0 atom stereocenters. The summed E-state index contributed by atoms with van der Waals surface area (Å²) in [4.78, 5) is 8.52. The molecule has 5 heteroatoms. The molecule has 0 bridgehead atoms. The smallest absolute Gasteiger partial charge is 0.161 e. The molecule has 5 aromatic rings. The Kier molecular flexibility index (Phi) is 6.45. The van der Waals surface area contributed by atoms with Crippen LogP contribution in [-0.4, -0.2) is 17.1 Å². The molecular weight excluding hydrogens is 488 g/mol. The van der Waals surface area contributed by atoms with Gasteiger partial charge in [-0.15, -0.1) is 0 Å². The van der Waals surface area contributed by atoms with Crippen LogP contribution in [0.2, 0.25) is 0 Å². The second-order valence-electron chi connectivity index (χ2n) is 7.82. The zero-order chi connectivity index (χ0) is 23.3. The number of hydrogen-bond acceptors (Lipinski definition) is 3. The largest absolute Gasteiger partial charge is 0.493 e. The fraction of sp³-hybridized carbons (Fsp3) is 0.0690. The van der Waals surface area contributed by atoms with Crippen LogP contribution < -0.4 is 9.47 Å². The first-order chi connectivity index (χ1) is 16.7. The van der Waals surface area contributed by atoms with Crippen molar-refractivity contribution in [1.29, 1.82) is 0 Å². The van der Waals surface area contributed by atoms with Crippen LogP contribution in [-0.2, 0) is 6.61 Å². The summed E-state index contributed by atoms with van der Waals surface area (Å²) in [5, 5.41) is 0. The number of nitrogens with zero attached hydrogens (tertiary/aromatic N) is 1. The Bertz CT molecular complexity index is 1380. The average Bonchev–Trinajstić information content (AvgIpc) is 3.34. The molecule has 0 aliphatic heterocycles. The lowest BCUT2D eigenvalue weighted by atomic mass is 10.1. The topological polar surface area (TPSA) is 47.1 Å². The summed E-state index contributed by atoms with van der Waals surface area (Å²) >= 11 is 3.52. The van der Waals surface area contributed by atoms with Crippen molar-refractivity contribution in [3.05, 3.63) is 113 Å². The number of imidazole rings is 1. The molecule has 1 aromatic heterocycles. The van der Waals surface area contributed by atoms with Gasteiger partial charge in [0.25, 0.3) is 0 Å². The molecule has 0 unspecified atom stereocenters. The van der Waals surface area contributed by atoms with Crippen molar-refractivity contribution in [1.82, 2.24) is 9.97 Å². The molecular formula is C29H23BrN2O2. The second-order valence-corrected chi connectivity index (χ2v) is 8.74. The zero-order valence-corrected chi connectivity index (χ0v) is 20.2. The van der Waals surface area contributed by atoms with E-state index in [9.17, 15) is 0 Å². The van der Waals surface area contributed by atoms with Crippen molar-refractivity contribution in [3.63, 3.8) is 0 Å². The van der Waals surface area contributed by atoms with Crippen molar-refractivity contribution < 1.29 is 9.47 Å². The number of halogens is 1. The SMILES string of the molecule is COc1cc(-c2nc(-c3ccccc3)c(-c3ccc(Br)cc3)[nH]2)ccc1OCc1ccccc1. The number of hydrogen-bond donors (Lipinski definition) is 1. The van der Waals surface area contributed by atoms with E-state index in [2.05, 4.69) is 45.2 Å². The highest BCUT2D eigenvalue weighted by Gasteiger charge is 2.17. The van der Waals surface area contributed by atoms with Crippen molar-refractivity contribution in [3.8, 4) is 45.4 Å². The van der Waals surface area contributed by atoms with Crippen molar-refractivity contribution in [2.45, 2.75) is 6.61 Å². The van der Waals surface area contributed by atoms with Crippen LogP contribution in [0, 0.1) is 0 Å². The lowest BCUT2D eigenvalue weighted by Gasteiger charge is -2.12. The average molecular weight is 511 g/mol. The fourth-order valence-corrected chi connectivity index (χ4v) is 4.07. The quantitative estimate of drug-likeness (QED) is 0.243. The lowest BCUT2D eigenvalue weighted by molar-refractivity contribution is 0.284. The van der Waals surface area contributed by atoms with E-state index in [-0.39, 0.29) is 0 Å². The predicted molar refractivity (Wildman–Crippen MR) is 140 cm³/mol. The Balaban J connectivity index is 1.51. The Morgan fingerprint density at radius 2 is 1.41 bits per heavy atom. The summed E-state index contributed by atoms with van der Waals surface area (Å²) in [5.74, 6) is 2.12. The van der Waals surface area contributed by atoms with Gasteiger partial charge in [-0.3, -0.25) is 0 Å². The third-order valence-corrected chi connectivity index (χ3v) is 6.09. The molecule has 0 fully saturated rings. The molecule has 0 saturated heterocycles. The normalized spacial score (nSPS) is 10.8. The minimum atomic E-state index is 0.475. The third-order valence-electron chi connectivity index (χ3n) is 5.56. The monoisotopic (exact) mass is 510 g/mol. The van der Waals surface area contributed by atoms with Gasteiger partial charge in [-0.05, 0) is 35.9 Å². The number of methoxy groups -OCH3 is 1. The Morgan fingerprint density at radius 1 is 0.735 bits per heavy atom. The second kappa shape index (κ2) is 9.98. The van der Waals surface area contributed by atoms with E-state index in [0.717, 1.165) is 43.9 Å². The minimum absolute atomic E-state index is 0.475. The van der Waals surface area contributed by atoms with Crippen LogP contribution in [0.1, 0.15) is 5.56 Å².